The zero-order chi connectivity index (χ0) is 14.5. The number of nitrogens with two attached hydrogens (primary N) is 1. The van der Waals surface area contributed by atoms with Crippen molar-refractivity contribution in [3.8, 4) is 11.5 Å². The number of hydrogen-bond donors (Lipinski definition) is 3. The number of aromatic amines is 2. The number of H-pyrrole nitrogens is 2. The fourth-order valence-electron chi connectivity index (χ4n) is 1.57. The van der Waals surface area contributed by atoms with Crippen LogP contribution < -0.4 is 15.2 Å². The molecule has 2 aromatic heterocycles. The van der Waals surface area contributed by atoms with Gasteiger partial charge in [0.15, 0.2) is 24.7 Å². The highest BCUT2D eigenvalue weighted by molar-refractivity contribution is 5.60. The molecule has 3 aromatic rings. The van der Waals surface area contributed by atoms with Gasteiger partial charge >= 0.3 is 0 Å². The van der Waals surface area contributed by atoms with Gasteiger partial charge in [0, 0.05) is 0 Å². The van der Waals surface area contributed by atoms with Crippen LogP contribution in [-0.4, -0.2) is 41.2 Å². The lowest BCUT2D eigenvalue weighted by molar-refractivity contribution is 0.248. The molecule has 0 unspecified atom stereocenters. The van der Waals surface area contributed by atoms with Gasteiger partial charge in [0.1, 0.15) is 0 Å². The second-order valence-electron chi connectivity index (χ2n) is 3.91. The van der Waals surface area contributed by atoms with Crippen LogP contribution in [-0.2, 0) is 13.2 Å². The highest BCUT2D eigenvalue weighted by atomic mass is 16.5. The molecule has 0 saturated carbocycles. The van der Waals surface area contributed by atoms with E-state index in [1.165, 1.54) is 0 Å². The first kappa shape index (κ1) is 12.8. The van der Waals surface area contributed by atoms with Crippen molar-refractivity contribution in [3.05, 3.63) is 29.8 Å². The number of tetrazole rings is 2. The highest BCUT2D eigenvalue weighted by Crippen LogP contribution is 2.34. The van der Waals surface area contributed by atoms with Gasteiger partial charge in [-0.15, -0.1) is 20.4 Å². The average Bonchev–Trinajstić information content (AvgIpc) is 3.17. The second-order valence-corrected chi connectivity index (χ2v) is 3.91. The van der Waals surface area contributed by atoms with E-state index in [9.17, 15) is 0 Å². The lowest BCUT2D eigenvalue weighted by Gasteiger charge is -2.12. The van der Waals surface area contributed by atoms with E-state index in [2.05, 4.69) is 41.2 Å². The Bertz CT molecular complexity index is 683. The summed E-state index contributed by atoms with van der Waals surface area (Å²) in [7, 11) is 0. The zero-order valence-corrected chi connectivity index (χ0v) is 10.7. The number of rotatable bonds is 6. The number of nitrogens with one attached hydrogen (secondary N) is 2. The van der Waals surface area contributed by atoms with Crippen molar-refractivity contribution < 1.29 is 9.47 Å². The summed E-state index contributed by atoms with van der Waals surface area (Å²) in [6.07, 6.45) is 0. The van der Waals surface area contributed by atoms with E-state index in [0.29, 0.717) is 28.8 Å². The quantitative estimate of drug-likeness (QED) is 0.507. The summed E-state index contributed by atoms with van der Waals surface area (Å²) in [5.74, 6) is 1.68. The van der Waals surface area contributed by atoms with Crippen molar-refractivity contribution in [2.24, 2.45) is 0 Å². The number of nitrogen functional groups attached to an aromatic ring is 1. The average molecular weight is 289 g/mol. The second kappa shape index (κ2) is 5.81. The monoisotopic (exact) mass is 289 g/mol. The van der Waals surface area contributed by atoms with Gasteiger partial charge in [0.25, 0.3) is 0 Å². The van der Waals surface area contributed by atoms with E-state index in [1.54, 1.807) is 18.2 Å². The molecule has 0 radical (unpaired) electrons. The summed E-state index contributed by atoms with van der Waals surface area (Å²) in [5.41, 5.74) is 6.33. The Morgan fingerprint density at radius 1 is 0.952 bits per heavy atom. The molecule has 11 heteroatoms. The topological polar surface area (TPSA) is 153 Å². The molecular weight excluding hydrogens is 278 g/mol. The van der Waals surface area contributed by atoms with Crippen LogP contribution in [0.1, 0.15) is 11.6 Å². The number of aromatic nitrogens is 8. The number of nitrogens with zero attached hydrogens (tertiary/aromatic N) is 6. The van der Waals surface area contributed by atoms with Crippen molar-refractivity contribution in [1.29, 1.82) is 0 Å². The first-order valence-corrected chi connectivity index (χ1v) is 5.91. The molecule has 0 amide bonds. The Labute approximate surface area is 117 Å². The summed E-state index contributed by atoms with van der Waals surface area (Å²) in [4.78, 5) is 0. The SMILES string of the molecule is Nc1cccc(OCc2nn[nH]n2)c1OCc1nn[nH]n1. The van der Waals surface area contributed by atoms with Gasteiger partial charge in [-0.2, -0.15) is 10.4 Å². The molecule has 0 spiro atoms. The molecule has 0 aliphatic carbocycles. The van der Waals surface area contributed by atoms with Crippen LogP contribution in [0.15, 0.2) is 18.2 Å². The van der Waals surface area contributed by atoms with Gasteiger partial charge in [0.2, 0.25) is 11.6 Å². The van der Waals surface area contributed by atoms with Gasteiger partial charge in [0.05, 0.1) is 5.69 Å². The Hall–Kier alpha value is -3.24. The van der Waals surface area contributed by atoms with Crippen LogP contribution in [0.2, 0.25) is 0 Å². The fraction of sp³-hybridized carbons (Fsp3) is 0.200. The van der Waals surface area contributed by atoms with E-state index in [4.69, 9.17) is 15.2 Å². The van der Waals surface area contributed by atoms with E-state index in [1.807, 2.05) is 0 Å². The van der Waals surface area contributed by atoms with E-state index >= 15 is 0 Å². The molecule has 2 heterocycles. The van der Waals surface area contributed by atoms with Crippen molar-refractivity contribution >= 4 is 5.69 Å². The van der Waals surface area contributed by atoms with Crippen molar-refractivity contribution in [2.75, 3.05) is 5.73 Å². The van der Waals surface area contributed by atoms with E-state index in [0.717, 1.165) is 0 Å². The third-order valence-electron chi connectivity index (χ3n) is 2.49. The lowest BCUT2D eigenvalue weighted by Crippen LogP contribution is -2.04. The summed E-state index contributed by atoms with van der Waals surface area (Å²) in [5, 5.41) is 26.7. The Morgan fingerprint density at radius 2 is 1.62 bits per heavy atom. The number of para-hydroxylation sites is 1. The molecule has 0 saturated heterocycles. The van der Waals surface area contributed by atoms with Crippen molar-refractivity contribution in [1.82, 2.24) is 41.2 Å². The molecule has 0 fully saturated rings. The minimum Gasteiger partial charge on any atom is -0.481 e. The largest absolute Gasteiger partial charge is 0.481 e. The summed E-state index contributed by atoms with van der Waals surface area (Å²) in [6, 6.07) is 5.18. The molecule has 1 aromatic carbocycles. The van der Waals surface area contributed by atoms with Crippen molar-refractivity contribution in [3.63, 3.8) is 0 Å². The van der Waals surface area contributed by atoms with E-state index < -0.39 is 0 Å². The summed E-state index contributed by atoms with van der Waals surface area (Å²) < 4.78 is 11.2. The van der Waals surface area contributed by atoms with Gasteiger partial charge in [-0.3, -0.25) is 0 Å². The van der Waals surface area contributed by atoms with Gasteiger partial charge < -0.3 is 15.2 Å². The molecule has 11 nitrogen and oxygen atoms in total. The maximum Gasteiger partial charge on any atom is 0.211 e. The van der Waals surface area contributed by atoms with Gasteiger partial charge in [-0.1, -0.05) is 16.5 Å². The van der Waals surface area contributed by atoms with Gasteiger partial charge in [-0.05, 0) is 12.1 Å². The minimum absolute atomic E-state index is 0.114. The molecule has 3 rings (SSSR count). The maximum absolute atomic E-state index is 5.89. The van der Waals surface area contributed by atoms with E-state index in [-0.39, 0.29) is 13.2 Å². The maximum atomic E-state index is 5.89. The predicted octanol–water partition coefficient (Wildman–Crippen LogP) is -0.547. The number of benzene rings is 1. The smallest absolute Gasteiger partial charge is 0.211 e. The van der Waals surface area contributed by atoms with Crippen molar-refractivity contribution in [2.45, 2.75) is 13.2 Å². The third kappa shape index (κ3) is 3.02. The Morgan fingerprint density at radius 3 is 2.24 bits per heavy atom. The molecular formula is C10H11N9O2. The number of anilines is 1. The highest BCUT2D eigenvalue weighted by Gasteiger charge is 2.12. The van der Waals surface area contributed by atoms with Crippen LogP contribution in [0.4, 0.5) is 5.69 Å². The summed E-state index contributed by atoms with van der Waals surface area (Å²) >= 11 is 0. The minimum atomic E-state index is 0.114. The van der Waals surface area contributed by atoms with Crippen LogP contribution in [0.5, 0.6) is 11.5 Å². The fourth-order valence-corrected chi connectivity index (χ4v) is 1.57. The van der Waals surface area contributed by atoms with Gasteiger partial charge in [-0.25, -0.2) is 0 Å². The molecule has 4 N–H and O–H groups in total. The molecule has 21 heavy (non-hydrogen) atoms. The molecule has 108 valence electrons. The first-order chi connectivity index (χ1) is 10.3. The normalized spacial score (nSPS) is 10.5. The molecule has 0 aliphatic heterocycles. The van der Waals surface area contributed by atoms with Crippen LogP contribution in [0, 0.1) is 0 Å². The predicted molar refractivity (Wildman–Crippen MR) is 67.9 cm³/mol. The van der Waals surface area contributed by atoms with Crippen LogP contribution >= 0.6 is 0 Å². The molecule has 0 atom stereocenters. The molecule has 0 aliphatic rings. The Balaban J connectivity index is 1.71. The third-order valence-corrected chi connectivity index (χ3v) is 2.49. The Kier molecular flexibility index (Phi) is 3.54. The van der Waals surface area contributed by atoms with Crippen LogP contribution in [0.3, 0.4) is 0 Å². The number of hydrogen-bond acceptors (Lipinski definition) is 9. The lowest BCUT2D eigenvalue weighted by atomic mass is 10.3. The molecule has 0 bridgehead atoms. The summed E-state index contributed by atoms with van der Waals surface area (Å²) in [6.45, 7) is 0.252. The number of ether oxygens (including phenoxy) is 2. The van der Waals surface area contributed by atoms with Crippen LogP contribution in [0.25, 0.3) is 0 Å². The first-order valence-electron chi connectivity index (χ1n) is 5.91. The standard InChI is InChI=1S/C10H11N9O2/c11-6-2-1-3-7(20-4-8-12-16-17-13-8)10(6)21-5-9-14-18-19-15-9/h1-3H,4-5,11H2,(H,12,13,16,17)(H,14,15,18,19). The zero-order valence-electron chi connectivity index (χ0n) is 10.7.